The number of aryl methyl sites for hydroxylation is 1. The summed E-state index contributed by atoms with van der Waals surface area (Å²) in [5.41, 5.74) is 8.35. The first-order valence-electron chi connectivity index (χ1n) is 6.62. The predicted octanol–water partition coefficient (Wildman–Crippen LogP) is 3.58. The first-order chi connectivity index (χ1) is 10.2. The molecule has 2 aromatic rings. The zero-order valence-corrected chi connectivity index (χ0v) is 12.5. The molecule has 0 atom stereocenters. The van der Waals surface area contributed by atoms with E-state index in [1.165, 1.54) is 5.56 Å². The molecule has 0 aliphatic heterocycles. The zero-order valence-electron chi connectivity index (χ0n) is 11.7. The summed E-state index contributed by atoms with van der Waals surface area (Å²) < 4.78 is 5.74. The number of nitrogens with zero attached hydrogens (tertiary/aromatic N) is 1. The molecule has 0 aromatic heterocycles. The van der Waals surface area contributed by atoms with Crippen LogP contribution in [0.1, 0.15) is 23.6 Å². The maximum absolute atomic E-state index is 8.83. The van der Waals surface area contributed by atoms with Crippen molar-refractivity contribution in [1.29, 1.82) is 0 Å². The van der Waals surface area contributed by atoms with Crippen LogP contribution in [0.25, 0.3) is 0 Å². The Morgan fingerprint density at radius 3 is 2.48 bits per heavy atom. The fourth-order valence-corrected chi connectivity index (χ4v) is 2.22. The van der Waals surface area contributed by atoms with Gasteiger partial charge in [-0.2, -0.15) is 0 Å². The van der Waals surface area contributed by atoms with Crippen molar-refractivity contribution in [2.24, 2.45) is 10.9 Å². The van der Waals surface area contributed by atoms with Gasteiger partial charge >= 0.3 is 0 Å². The highest BCUT2D eigenvalue weighted by Crippen LogP contribution is 2.27. The highest BCUT2D eigenvalue weighted by molar-refractivity contribution is 6.34. The molecule has 2 aromatic carbocycles. The Labute approximate surface area is 128 Å². The number of halogens is 1. The quantitative estimate of drug-likeness (QED) is 0.384. The topological polar surface area (TPSA) is 67.8 Å². The Kier molecular flexibility index (Phi) is 5.06. The number of benzene rings is 2. The highest BCUT2D eigenvalue weighted by Gasteiger charge is 2.12. The molecule has 0 spiro atoms. The van der Waals surface area contributed by atoms with Crippen molar-refractivity contribution in [2.75, 3.05) is 0 Å². The van der Waals surface area contributed by atoms with Crippen molar-refractivity contribution in [3.05, 3.63) is 64.2 Å². The minimum Gasteiger partial charge on any atom is -0.488 e. The lowest BCUT2D eigenvalue weighted by Crippen LogP contribution is -2.15. The van der Waals surface area contributed by atoms with Gasteiger partial charge in [-0.05, 0) is 29.7 Å². The lowest BCUT2D eigenvalue weighted by atomic mass is 10.1. The lowest BCUT2D eigenvalue weighted by molar-refractivity contribution is 0.303. The van der Waals surface area contributed by atoms with Crippen LogP contribution in [0.4, 0.5) is 0 Å². The third kappa shape index (κ3) is 3.67. The summed E-state index contributed by atoms with van der Waals surface area (Å²) in [4.78, 5) is 0. The summed E-state index contributed by atoms with van der Waals surface area (Å²) in [5, 5.41) is 12.2. The molecule has 0 bridgehead atoms. The molecule has 0 aliphatic carbocycles. The average molecular weight is 305 g/mol. The van der Waals surface area contributed by atoms with Crippen LogP contribution in [0, 0.1) is 0 Å². The van der Waals surface area contributed by atoms with Crippen LogP contribution >= 0.6 is 11.6 Å². The first kappa shape index (κ1) is 15.2. The summed E-state index contributed by atoms with van der Waals surface area (Å²) in [5.74, 6) is 0.411. The normalized spacial score (nSPS) is 11.4. The minimum absolute atomic E-state index is 0.0723. The smallest absolute Gasteiger partial charge is 0.175 e. The van der Waals surface area contributed by atoms with Gasteiger partial charge in [-0.25, -0.2) is 0 Å². The van der Waals surface area contributed by atoms with E-state index in [-0.39, 0.29) is 5.84 Å². The van der Waals surface area contributed by atoms with Gasteiger partial charge in [0.1, 0.15) is 12.4 Å². The number of hydrogen-bond acceptors (Lipinski definition) is 3. The number of ether oxygens (including phenoxy) is 1. The molecule has 0 unspecified atom stereocenters. The average Bonchev–Trinajstić information content (AvgIpc) is 2.52. The summed E-state index contributed by atoms with van der Waals surface area (Å²) in [7, 11) is 0. The van der Waals surface area contributed by atoms with Crippen molar-refractivity contribution in [3.8, 4) is 5.75 Å². The predicted molar refractivity (Wildman–Crippen MR) is 84.1 cm³/mol. The van der Waals surface area contributed by atoms with Gasteiger partial charge in [0.05, 0.1) is 10.6 Å². The minimum atomic E-state index is -0.0723. The van der Waals surface area contributed by atoms with E-state index in [4.69, 9.17) is 27.3 Å². The standard InChI is InChI=1S/C16H17ClN2O2/c1-2-11-6-8-12(9-7-11)10-21-14-5-3-4-13(17)15(14)16(18)19-20/h3-9,20H,2,10H2,1H3,(H2,18,19). The van der Waals surface area contributed by atoms with E-state index in [0.29, 0.717) is 22.9 Å². The van der Waals surface area contributed by atoms with Crippen molar-refractivity contribution < 1.29 is 9.94 Å². The second-order valence-corrected chi connectivity index (χ2v) is 4.96. The van der Waals surface area contributed by atoms with Crippen molar-refractivity contribution in [3.63, 3.8) is 0 Å². The number of hydrogen-bond donors (Lipinski definition) is 2. The van der Waals surface area contributed by atoms with Gasteiger partial charge in [-0.15, -0.1) is 0 Å². The molecule has 3 N–H and O–H groups in total. The van der Waals surface area contributed by atoms with Gasteiger partial charge in [0.25, 0.3) is 0 Å². The Hall–Kier alpha value is -2.20. The molecule has 0 saturated heterocycles. The molecule has 0 aliphatic rings. The monoisotopic (exact) mass is 304 g/mol. The Bertz CT molecular complexity index is 639. The van der Waals surface area contributed by atoms with Gasteiger partial charge in [0, 0.05) is 0 Å². The van der Waals surface area contributed by atoms with E-state index < -0.39 is 0 Å². The molecule has 21 heavy (non-hydrogen) atoms. The third-order valence-electron chi connectivity index (χ3n) is 3.16. The number of amidine groups is 1. The van der Waals surface area contributed by atoms with Gasteiger partial charge < -0.3 is 15.7 Å². The molecule has 0 amide bonds. The number of rotatable bonds is 5. The zero-order chi connectivity index (χ0) is 15.2. The largest absolute Gasteiger partial charge is 0.488 e. The molecular weight excluding hydrogens is 288 g/mol. The van der Waals surface area contributed by atoms with Crippen molar-refractivity contribution in [2.45, 2.75) is 20.0 Å². The molecule has 110 valence electrons. The van der Waals surface area contributed by atoms with E-state index in [0.717, 1.165) is 12.0 Å². The SMILES string of the molecule is CCc1ccc(COc2cccc(Cl)c2/C(N)=N/O)cc1. The van der Waals surface area contributed by atoms with Crippen molar-refractivity contribution in [1.82, 2.24) is 0 Å². The Morgan fingerprint density at radius 1 is 1.19 bits per heavy atom. The molecule has 2 rings (SSSR count). The fourth-order valence-electron chi connectivity index (χ4n) is 1.96. The van der Waals surface area contributed by atoms with Gasteiger partial charge in [0.2, 0.25) is 0 Å². The lowest BCUT2D eigenvalue weighted by Gasteiger charge is -2.12. The van der Waals surface area contributed by atoms with Crippen LogP contribution < -0.4 is 10.5 Å². The third-order valence-corrected chi connectivity index (χ3v) is 3.48. The van der Waals surface area contributed by atoms with Crippen LogP contribution in [-0.4, -0.2) is 11.0 Å². The van der Waals surface area contributed by atoms with Crippen LogP contribution in [0.3, 0.4) is 0 Å². The molecule has 0 fully saturated rings. The second-order valence-electron chi connectivity index (χ2n) is 4.56. The highest BCUT2D eigenvalue weighted by atomic mass is 35.5. The van der Waals surface area contributed by atoms with E-state index in [1.807, 2.05) is 12.1 Å². The second kappa shape index (κ2) is 6.99. The van der Waals surface area contributed by atoms with E-state index in [1.54, 1.807) is 18.2 Å². The maximum Gasteiger partial charge on any atom is 0.175 e. The van der Waals surface area contributed by atoms with Crippen LogP contribution in [0.15, 0.2) is 47.6 Å². The van der Waals surface area contributed by atoms with E-state index in [9.17, 15) is 0 Å². The number of oxime groups is 1. The number of nitrogens with two attached hydrogens (primary N) is 1. The fraction of sp³-hybridized carbons (Fsp3) is 0.188. The van der Waals surface area contributed by atoms with E-state index in [2.05, 4.69) is 24.2 Å². The van der Waals surface area contributed by atoms with Crippen LogP contribution in [-0.2, 0) is 13.0 Å². The van der Waals surface area contributed by atoms with Gasteiger partial charge in [-0.1, -0.05) is 54.0 Å². The summed E-state index contributed by atoms with van der Waals surface area (Å²) in [6.45, 7) is 2.50. The first-order valence-corrected chi connectivity index (χ1v) is 7.00. The van der Waals surface area contributed by atoms with Crippen LogP contribution in [0.5, 0.6) is 5.75 Å². The molecule has 0 heterocycles. The van der Waals surface area contributed by atoms with Gasteiger partial charge in [-0.3, -0.25) is 0 Å². The summed E-state index contributed by atoms with van der Waals surface area (Å²) >= 11 is 6.07. The molecular formula is C16H17ClN2O2. The summed E-state index contributed by atoms with van der Waals surface area (Å²) in [6, 6.07) is 13.3. The van der Waals surface area contributed by atoms with Gasteiger partial charge in [0.15, 0.2) is 5.84 Å². The summed E-state index contributed by atoms with van der Waals surface area (Å²) in [6.07, 6.45) is 1.00. The van der Waals surface area contributed by atoms with Crippen LogP contribution in [0.2, 0.25) is 5.02 Å². The molecule has 0 radical (unpaired) electrons. The maximum atomic E-state index is 8.83. The van der Waals surface area contributed by atoms with E-state index >= 15 is 0 Å². The Morgan fingerprint density at radius 2 is 1.86 bits per heavy atom. The molecule has 0 saturated carbocycles. The molecule has 5 heteroatoms. The van der Waals surface area contributed by atoms with Crippen molar-refractivity contribution >= 4 is 17.4 Å². The Balaban J connectivity index is 2.18. The molecule has 4 nitrogen and oxygen atoms in total.